The fourth-order valence-electron chi connectivity index (χ4n) is 3.59. The van der Waals surface area contributed by atoms with Crippen molar-refractivity contribution in [2.45, 2.75) is 116 Å². The van der Waals surface area contributed by atoms with Crippen molar-refractivity contribution in [1.82, 2.24) is 0 Å². The highest BCUT2D eigenvalue weighted by molar-refractivity contribution is 7.45. The van der Waals surface area contributed by atoms with Crippen LogP contribution in [0.15, 0.2) is 12.2 Å². The Balaban J connectivity index is 4.44. The normalized spacial score (nSPS) is 14.3. The molecular weight excluding hydrogens is 521 g/mol. The maximum atomic E-state index is 12.4. The molecule has 10 heteroatoms. The fraction of sp³-hybridized carbons (Fsp3) is 0.862. The van der Waals surface area contributed by atoms with E-state index in [1.165, 1.54) is 19.3 Å². The zero-order chi connectivity index (χ0) is 29.4. The Kier molecular flexibility index (Phi) is 22.7. The van der Waals surface area contributed by atoms with Gasteiger partial charge in [0.25, 0.3) is 7.82 Å². The van der Waals surface area contributed by atoms with E-state index in [-0.39, 0.29) is 26.1 Å². The molecule has 0 heterocycles. The van der Waals surface area contributed by atoms with Gasteiger partial charge in [-0.15, -0.1) is 0 Å². The number of hydrogen-bond acceptors (Lipinski definition) is 8. The van der Waals surface area contributed by atoms with Gasteiger partial charge < -0.3 is 27.9 Å². The number of unbranched alkanes of at least 4 members (excludes halogenated alkanes) is 10. The lowest BCUT2D eigenvalue weighted by atomic mass is 10.1. The highest BCUT2D eigenvalue weighted by atomic mass is 31.2. The minimum atomic E-state index is -4.59. The second-order valence-corrected chi connectivity index (χ2v) is 12.5. The first-order valence-corrected chi connectivity index (χ1v) is 16.4. The standard InChI is InChI=1S/C29H56NO8P/c1-6-8-10-11-12-13-14-15-16-17-18-20-22-29(32)38-27(25-35-28(31)21-19-9-7-2)26-37-39(33,34)36-24-23-30(3,4)5/h12-13,27H,6-11,14-26H2,1-5H3/b13-12-. The summed E-state index contributed by atoms with van der Waals surface area (Å²) in [6, 6.07) is 0. The Hall–Kier alpha value is -1.25. The monoisotopic (exact) mass is 577 g/mol. The molecule has 0 fully saturated rings. The molecule has 0 bridgehead atoms. The Morgan fingerprint density at radius 2 is 1.31 bits per heavy atom. The van der Waals surface area contributed by atoms with E-state index >= 15 is 0 Å². The van der Waals surface area contributed by atoms with Crippen molar-refractivity contribution in [2.24, 2.45) is 0 Å². The molecule has 0 amide bonds. The van der Waals surface area contributed by atoms with Crippen LogP contribution in [0.1, 0.15) is 110 Å². The van der Waals surface area contributed by atoms with Crippen LogP contribution >= 0.6 is 7.82 Å². The van der Waals surface area contributed by atoms with Crippen LogP contribution in [0.25, 0.3) is 0 Å². The molecule has 0 aromatic heterocycles. The molecule has 0 aliphatic rings. The number of carbonyl (C=O) groups excluding carboxylic acids is 2. The Morgan fingerprint density at radius 3 is 1.95 bits per heavy atom. The lowest BCUT2D eigenvalue weighted by Gasteiger charge is -2.28. The molecule has 2 atom stereocenters. The van der Waals surface area contributed by atoms with E-state index in [2.05, 4.69) is 19.1 Å². The van der Waals surface area contributed by atoms with Crippen molar-refractivity contribution < 1.29 is 42.1 Å². The molecule has 9 nitrogen and oxygen atoms in total. The summed E-state index contributed by atoms with van der Waals surface area (Å²) in [4.78, 5) is 36.5. The van der Waals surface area contributed by atoms with Gasteiger partial charge in [-0.3, -0.25) is 14.2 Å². The fourth-order valence-corrected chi connectivity index (χ4v) is 4.31. The maximum Gasteiger partial charge on any atom is 0.306 e. The molecule has 0 aromatic carbocycles. The van der Waals surface area contributed by atoms with Gasteiger partial charge in [-0.05, 0) is 38.5 Å². The van der Waals surface area contributed by atoms with E-state index in [1.54, 1.807) is 0 Å². The van der Waals surface area contributed by atoms with E-state index < -0.39 is 32.5 Å². The summed E-state index contributed by atoms with van der Waals surface area (Å²) in [5.74, 6) is -0.878. The summed E-state index contributed by atoms with van der Waals surface area (Å²) in [6.07, 6.45) is 17.5. The average molecular weight is 578 g/mol. The maximum absolute atomic E-state index is 12.4. The summed E-state index contributed by atoms with van der Waals surface area (Å²) in [5, 5.41) is 0. The van der Waals surface area contributed by atoms with Gasteiger partial charge in [-0.1, -0.05) is 70.9 Å². The van der Waals surface area contributed by atoms with Crippen LogP contribution < -0.4 is 4.89 Å². The summed E-state index contributed by atoms with van der Waals surface area (Å²) in [5.41, 5.74) is 0. The quantitative estimate of drug-likeness (QED) is 0.0399. The molecule has 0 aromatic rings. The molecule has 0 radical (unpaired) electrons. The van der Waals surface area contributed by atoms with Crippen LogP contribution in [0.4, 0.5) is 0 Å². The topological polar surface area (TPSA) is 111 Å². The second kappa shape index (κ2) is 23.5. The lowest BCUT2D eigenvalue weighted by molar-refractivity contribution is -0.870. The molecule has 0 rings (SSSR count). The first-order valence-electron chi connectivity index (χ1n) is 14.9. The van der Waals surface area contributed by atoms with Crippen molar-refractivity contribution in [1.29, 1.82) is 0 Å². The van der Waals surface area contributed by atoms with Gasteiger partial charge in [-0.2, -0.15) is 0 Å². The van der Waals surface area contributed by atoms with Crippen LogP contribution in [-0.2, 0) is 32.7 Å². The third-order valence-electron chi connectivity index (χ3n) is 6.04. The predicted molar refractivity (Wildman–Crippen MR) is 153 cm³/mol. The number of rotatable bonds is 26. The lowest BCUT2D eigenvalue weighted by Crippen LogP contribution is -2.37. The molecule has 0 saturated heterocycles. The van der Waals surface area contributed by atoms with Gasteiger partial charge in [0.05, 0.1) is 27.7 Å². The summed E-state index contributed by atoms with van der Waals surface area (Å²) in [7, 11) is 1.15. The number of likely N-dealkylation sites (N-methyl/N-ethyl adjacent to an activating group) is 1. The third kappa shape index (κ3) is 26.7. The van der Waals surface area contributed by atoms with Crippen molar-refractivity contribution in [3.63, 3.8) is 0 Å². The van der Waals surface area contributed by atoms with Gasteiger partial charge in [0.15, 0.2) is 6.10 Å². The first-order chi connectivity index (χ1) is 18.5. The van der Waals surface area contributed by atoms with Crippen LogP contribution in [0.2, 0.25) is 0 Å². The molecule has 39 heavy (non-hydrogen) atoms. The molecule has 0 spiro atoms. The third-order valence-corrected chi connectivity index (χ3v) is 7.00. The molecule has 0 aliphatic heterocycles. The van der Waals surface area contributed by atoms with Gasteiger partial charge >= 0.3 is 11.9 Å². The molecule has 0 N–H and O–H groups in total. The Morgan fingerprint density at radius 1 is 0.769 bits per heavy atom. The largest absolute Gasteiger partial charge is 0.756 e. The van der Waals surface area contributed by atoms with Gasteiger partial charge in [0.2, 0.25) is 0 Å². The summed E-state index contributed by atoms with van der Waals surface area (Å²) >= 11 is 0. The van der Waals surface area contributed by atoms with Crippen molar-refractivity contribution >= 4 is 19.8 Å². The van der Waals surface area contributed by atoms with E-state index in [0.717, 1.165) is 51.4 Å². The van der Waals surface area contributed by atoms with Crippen molar-refractivity contribution in [3.05, 3.63) is 12.2 Å². The second-order valence-electron chi connectivity index (χ2n) is 11.1. The molecule has 0 aliphatic carbocycles. The predicted octanol–water partition coefficient (Wildman–Crippen LogP) is 6.10. The smallest absolute Gasteiger partial charge is 0.306 e. The number of quaternary nitrogens is 1. The van der Waals surface area contributed by atoms with E-state index in [1.807, 2.05) is 28.1 Å². The molecule has 0 saturated carbocycles. The van der Waals surface area contributed by atoms with E-state index in [4.69, 9.17) is 18.5 Å². The SMILES string of the molecule is CCCCC/C=C\CCCCCCCC(=O)OC(COC(=O)CCCCC)COP(=O)([O-])OCC[N+](C)(C)C. The molecule has 2 unspecified atom stereocenters. The minimum Gasteiger partial charge on any atom is -0.756 e. The highest BCUT2D eigenvalue weighted by Crippen LogP contribution is 2.38. The van der Waals surface area contributed by atoms with Crippen LogP contribution in [0, 0.1) is 0 Å². The number of phosphoric ester groups is 1. The first kappa shape index (κ1) is 37.8. The van der Waals surface area contributed by atoms with Gasteiger partial charge in [0, 0.05) is 12.8 Å². The number of phosphoric acid groups is 1. The van der Waals surface area contributed by atoms with E-state index in [0.29, 0.717) is 23.9 Å². The zero-order valence-electron chi connectivity index (χ0n) is 25.3. The average Bonchev–Trinajstić information content (AvgIpc) is 2.85. The van der Waals surface area contributed by atoms with E-state index in [9.17, 15) is 19.0 Å². The van der Waals surface area contributed by atoms with Crippen LogP contribution in [0.5, 0.6) is 0 Å². The zero-order valence-corrected chi connectivity index (χ0v) is 26.2. The van der Waals surface area contributed by atoms with Crippen molar-refractivity contribution in [3.8, 4) is 0 Å². The number of hydrogen-bond donors (Lipinski definition) is 0. The van der Waals surface area contributed by atoms with Gasteiger partial charge in [0.1, 0.15) is 19.8 Å². The highest BCUT2D eigenvalue weighted by Gasteiger charge is 2.21. The van der Waals surface area contributed by atoms with Crippen LogP contribution in [0.3, 0.4) is 0 Å². The van der Waals surface area contributed by atoms with Gasteiger partial charge in [-0.25, -0.2) is 0 Å². The minimum absolute atomic E-state index is 0.0314. The number of ether oxygens (including phenoxy) is 2. The Bertz CT molecular complexity index is 708. The van der Waals surface area contributed by atoms with Crippen LogP contribution in [-0.4, -0.2) is 70.0 Å². The summed E-state index contributed by atoms with van der Waals surface area (Å²) in [6.45, 7) is 3.96. The summed E-state index contributed by atoms with van der Waals surface area (Å²) < 4.78 is 33.2. The number of esters is 2. The number of nitrogens with zero attached hydrogens (tertiary/aromatic N) is 1. The molecular formula is C29H56NO8P. The number of allylic oxidation sites excluding steroid dienone is 2. The molecule has 230 valence electrons. The number of carbonyl (C=O) groups is 2. The Labute approximate surface area is 237 Å². The van der Waals surface area contributed by atoms with Crippen molar-refractivity contribution in [2.75, 3.05) is 47.5 Å².